The first-order chi connectivity index (χ1) is 12.7. The monoisotopic (exact) mass is 409 g/mol. The number of anilines is 1. The zero-order chi connectivity index (χ0) is 20.0. The molecule has 0 fully saturated rings. The van der Waals surface area contributed by atoms with Crippen molar-refractivity contribution in [3.05, 3.63) is 59.6 Å². The molecule has 0 unspecified atom stereocenters. The molecule has 2 N–H and O–H groups in total. The van der Waals surface area contributed by atoms with Gasteiger partial charge in [-0.1, -0.05) is 29.8 Å². The van der Waals surface area contributed by atoms with Crippen LogP contribution in [0.4, 0.5) is 5.69 Å². The fourth-order valence-electron chi connectivity index (χ4n) is 2.31. The molecule has 0 aliphatic carbocycles. The fraction of sp³-hybridized carbons (Fsp3) is 0.222. The normalized spacial score (nSPS) is 12.3. The van der Waals surface area contributed by atoms with E-state index >= 15 is 0 Å². The number of benzene rings is 2. The Morgan fingerprint density at radius 2 is 1.67 bits per heavy atom. The van der Waals surface area contributed by atoms with Crippen LogP contribution < -0.4 is 10.0 Å². The summed E-state index contributed by atoms with van der Waals surface area (Å²) in [6, 6.07) is 13.4. The van der Waals surface area contributed by atoms with Crippen LogP contribution in [0.1, 0.15) is 6.92 Å². The van der Waals surface area contributed by atoms with Crippen LogP contribution in [0.3, 0.4) is 0 Å². The van der Waals surface area contributed by atoms with Gasteiger partial charge >= 0.3 is 0 Å². The summed E-state index contributed by atoms with van der Waals surface area (Å²) in [5.74, 6) is -0.916. The van der Waals surface area contributed by atoms with E-state index in [1.807, 2.05) is 6.07 Å². The fourth-order valence-corrected chi connectivity index (χ4v) is 3.63. The summed E-state index contributed by atoms with van der Waals surface area (Å²) < 4.78 is 27.0. The summed E-state index contributed by atoms with van der Waals surface area (Å²) in [7, 11) is -2.46. The maximum Gasteiger partial charge on any atom is 0.243 e. The summed E-state index contributed by atoms with van der Waals surface area (Å²) in [5.41, 5.74) is 0.611. The average Bonchev–Trinajstić information content (AvgIpc) is 2.61. The molecule has 144 valence electrons. The number of sulfonamides is 1. The molecule has 0 aliphatic rings. The van der Waals surface area contributed by atoms with Gasteiger partial charge in [-0.2, -0.15) is 4.72 Å². The standard InChI is InChI=1S/C18H20ClN3O4S/c1-13(21-27(25,26)16-10-8-14(19)9-11-16)18(24)22(2)12-17(23)20-15-6-4-3-5-7-15/h3-11,13,21H,12H2,1-2H3,(H,20,23)/t13-/m0/s1. The van der Waals surface area contributed by atoms with Gasteiger partial charge in [0.2, 0.25) is 21.8 Å². The van der Waals surface area contributed by atoms with Crippen molar-refractivity contribution >= 4 is 39.1 Å². The number of nitrogens with one attached hydrogen (secondary N) is 2. The Bertz CT molecular complexity index is 902. The predicted octanol–water partition coefficient (Wildman–Crippen LogP) is 2.10. The zero-order valence-corrected chi connectivity index (χ0v) is 16.4. The van der Waals surface area contributed by atoms with E-state index in [0.29, 0.717) is 10.7 Å². The minimum Gasteiger partial charge on any atom is -0.335 e. The summed E-state index contributed by atoms with van der Waals surface area (Å²) in [6.07, 6.45) is 0. The van der Waals surface area contributed by atoms with Crippen LogP contribution in [-0.4, -0.2) is 44.8 Å². The minimum atomic E-state index is -3.89. The van der Waals surface area contributed by atoms with Gasteiger partial charge in [-0.25, -0.2) is 8.42 Å². The van der Waals surface area contributed by atoms with Gasteiger partial charge in [-0.3, -0.25) is 9.59 Å². The van der Waals surface area contributed by atoms with E-state index in [1.54, 1.807) is 24.3 Å². The second kappa shape index (κ2) is 8.98. The van der Waals surface area contributed by atoms with Gasteiger partial charge in [0.1, 0.15) is 0 Å². The van der Waals surface area contributed by atoms with Crippen molar-refractivity contribution in [2.24, 2.45) is 0 Å². The summed E-state index contributed by atoms with van der Waals surface area (Å²) in [4.78, 5) is 25.6. The lowest BCUT2D eigenvalue weighted by Crippen LogP contribution is -2.47. The lowest BCUT2D eigenvalue weighted by atomic mass is 10.3. The number of halogens is 1. The Morgan fingerprint density at radius 1 is 1.07 bits per heavy atom. The Labute approximate surface area is 163 Å². The molecule has 0 aromatic heterocycles. The number of likely N-dealkylation sites (N-methyl/N-ethyl adjacent to an activating group) is 1. The molecule has 0 spiro atoms. The third-order valence-electron chi connectivity index (χ3n) is 3.64. The van der Waals surface area contributed by atoms with E-state index in [1.165, 1.54) is 38.2 Å². The van der Waals surface area contributed by atoms with E-state index in [2.05, 4.69) is 10.0 Å². The second-order valence-electron chi connectivity index (χ2n) is 5.91. The van der Waals surface area contributed by atoms with E-state index in [4.69, 9.17) is 11.6 Å². The van der Waals surface area contributed by atoms with E-state index in [9.17, 15) is 18.0 Å². The van der Waals surface area contributed by atoms with Gasteiger partial charge in [0.05, 0.1) is 17.5 Å². The lowest BCUT2D eigenvalue weighted by molar-refractivity contribution is -0.134. The summed E-state index contributed by atoms with van der Waals surface area (Å²) in [5, 5.41) is 3.07. The highest BCUT2D eigenvalue weighted by Gasteiger charge is 2.25. The van der Waals surface area contributed by atoms with Crippen LogP contribution in [0.5, 0.6) is 0 Å². The first-order valence-corrected chi connectivity index (χ1v) is 9.93. The van der Waals surface area contributed by atoms with Gasteiger partial charge < -0.3 is 10.2 Å². The number of carbonyl (C=O) groups excluding carboxylic acids is 2. The van der Waals surface area contributed by atoms with Crippen molar-refractivity contribution < 1.29 is 18.0 Å². The molecule has 1 atom stereocenters. The Balaban J connectivity index is 1.95. The number of hydrogen-bond donors (Lipinski definition) is 2. The largest absolute Gasteiger partial charge is 0.335 e. The van der Waals surface area contributed by atoms with Crippen LogP contribution in [0, 0.1) is 0 Å². The number of carbonyl (C=O) groups is 2. The summed E-state index contributed by atoms with van der Waals surface area (Å²) >= 11 is 5.75. The Kier molecular flexibility index (Phi) is 6.95. The molecule has 7 nitrogen and oxygen atoms in total. The third-order valence-corrected chi connectivity index (χ3v) is 5.45. The van der Waals surface area contributed by atoms with Crippen LogP contribution in [-0.2, 0) is 19.6 Å². The molecule has 0 saturated heterocycles. The lowest BCUT2D eigenvalue weighted by Gasteiger charge is -2.21. The van der Waals surface area contributed by atoms with Crippen LogP contribution in [0.2, 0.25) is 5.02 Å². The van der Waals surface area contributed by atoms with Crippen molar-refractivity contribution in [3.63, 3.8) is 0 Å². The Morgan fingerprint density at radius 3 is 2.26 bits per heavy atom. The first-order valence-electron chi connectivity index (χ1n) is 8.07. The van der Waals surface area contributed by atoms with Crippen LogP contribution in [0.15, 0.2) is 59.5 Å². The summed E-state index contributed by atoms with van der Waals surface area (Å²) in [6.45, 7) is 1.21. The average molecular weight is 410 g/mol. The molecule has 2 amide bonds. The van der Waals surface area contributed by atoms with Crippen LogP contribution >= 0.6 is 11.6 Å². The van der Waals surface area contributed by atoms with Crippen molar-refractivity contribution in [2.45, 2.75) is 17.9 Å². The molecular formula is C18H20ClN3O4S. The SMILES string of the molecule is C[C@H](NS(=O)(=O)c1ccc(Cl)cc1)C(=O)N(C)CC(=O)Nc1ccccc1. The highest BCUT2D eigenvalue weighted by Crippen LogP contribution is 2.14. The molecule has 0 aliphatic heterocycles. The van der Waals surface area contributed by atoms with Crippen molar-refractivity contribution in [3.8, 4) is 0 Å². The van der Waals surface area contributed by atoms with Gasteiger partial charge in [0, 0.05) is 17.8 Å². The molecule has 2 aromatic rings. The molecule has 0 radical (unpaired) electrons. The molecule has 0 heterocycles. The van der Waals surface area contributed by atoms with E-state index in [-0.39, 0.29) is 17.3 Å². The van der Waals surface area contributed by atoms with Gasteiger partial charge in [0.25, 0.3) is 0 Å². The smallest absolute Gasteiger partial charge is 0.243 e. The van der Waals surface area contributed by atoms with Gasteiger partial charge in [0.15, 0.2) is 0 Å². The number of amides is 2. The molecule has 0 saturated carbocycles. The van der Waals surface area contributed by atoms with E-state index < -0.39 is 22.0 Å². The zero-order valence-electron chi connectivity index (χ0n) is 14.8. The second-order valence-corrected chi connectivity index (χ2v) is 8.06. The topological polar surface area (TPSA) is 95.6 Å². The minimum absolute atomic E-state index is 0.00368. The van der Waals surface area contributed by atoms with Crippen molar-refractivity contribution in [1.82, 2.24) is 9.62 Å². The third kappa shape index (κ3) is 6.06. The maximum absolute atomic E-state index is 12.4. The molecule has 27 heavy (non-hydrogen) atoms. The number of nitrogens with zero attached hydrogens (tertiary/aromatic N) is 1. The Hall–Kier alpha value is -2.42. The van der Waals surface area contributed by atoms with E-state index in [0.717, 1.165) is 4.90 Å². The van der Waals surface area contributed by atoms with Gasteiger partial charge in [-0.15, -0.1) is 0 Å². The van der Waals surface area contributed by atoms with Crippen LogP contribution in [0.25, 0.3) is 0 Å². The highest BCUT2D eigenvalue weighted by atomic mass is 35.5. The predicted molar refractivity (Wildman–Crippen MR) is 104 cm³/mol. The number of rotatable bonds is 7. The van der Waals surface area contributed by atoms with Crippen molar-refractivity contribution in [1.29, 1.82) is 0 Å². The molecule has 9 heteroatoms. The molecule has 0 bridgehead atoms. The highest BCUT2D eigenvalue weighted by molar-refractivity contribution is 7.89. The quantitative estimate of drug-likeness (QED) is 0.732. The molecule has 2 rings (SSSR count). The number of hydrogen-bond acceptors (Lipinski definition) is 4. The van der Waals surface area contributed by atoms with Crippen molar-refractivity contribution in [2.75, 3.05) is 18.9 Å². The maximum atomic E-state index is 12.4. The molecular weight excluding hydrogens is 390 g/mol. The van der Waals surface area contributed by atoms with Gasteiger partial charge in [-0.05, 0) is 43.3 Å². The first kappa shape index (κ1) is 20.9. The molecule has 2 aromatic carbocycles. The number of para-hydroxylation sites is 1.